The molecular weight excluding hydrogens is 418 g/mol. The van der Waals surface area contributed by atoms with Crippen molar-refractivity contribution in [3.05, 3.63) is 115 Å². The second-order valence-corrected chi connectivity index (χ2v) is 8.58. The third-order valence-electron chi connectivity index (χ3n) is 6.08. The second kappa shape index (κ2) is 8.16. The molecule has 34 heavy (non-hydrogen) atoms. The lowest BCUT2D eigenvalue weighted by atomic mass is 10.0. The predicted molar refractivity (Wildman–Crippen MR) is 138 cm³/mol. The van der Waals surface area contributed by atoms with Crippen molar-refractivity contribution < 1.29 is 4.74 Å². The van der Waals surface area contributed by atoms with Crippen LogP contribution >= 0.6 is 0 Å². The third-order valence-corrected chi connectivity index (χ3v) is 6.08. The lowest BCUT2D eigenvalue weighted by Gasteiger charge is -2.10. The summed E-state index contributed by atoms with van der Waals surface area (Å²) < 4.78 is 8.26. The molecule has 3 aromatic carbocycles. The Morgan fingerprint density at radius 3 is 2.35 bits per heavy atom. The normalized spacial score (nSPS) is 11.2. The van der Waals surface area contributed by atoms with Gasteiger partial charge in [-0.05, 0) is 72.5 Å². The molecule has 3 aromatic heterocycles. The van der Waals surface area contributed by atoms with E-state index in [-0.39, 0.29) is 0 Å². The zero-order chi connectivity index (χ0) is 23.1. The van der Waals surface area contributed by atoms with E-state index in [1.807, 2.05) is 49.6 Å². The predicted octanol–water partition coefficient (Wildman–Crippen LogP) is 7.65. The van der Waals surface area contributed by atoms with Crippen molar-refractivity contribution in [3.8, 4) is 28.6 Å². The van der Waals surface area contributed by atoms with Crippen LogP contribution in [0.5, 0.6) is 11.6 Å². The zero-order valence-electron chi connectivity index (χ0n) is 19.1. The summed E-state index contributed by atoms with van der Waals surface area (Å²) in [6.07, 6.45) is 3.68. The molecule has 0 atom stereocenters. The van der Waals surface area contributed by atoms with Crippen molar-refractivity contribution >= 4 is 21.8 Å². The summed E-state index contributed by atoms with van der Waals surface area (Å²) >= 11 is 0. The molecule has 6 aromatic rings. The summed E-state index contributed by atoms with van der Waals surface area (Å²) in [6, 6.07) is 31.3. The van der Waals surface area contributed by atoms with Crippen LogP contribution in [0, 0.1) is 13.8 Å². The van der Waals surface area contributed by atoms with E-state index in [1.54, 1.807) is 0 Å². The van der Waals surface area contributed by atoms with Gasteiger partial charge in [0.1, 0.15) is 11.6 Å². The van der Waals surface area contributed by atoms with Crippen molar-refractivity contribution in [2.24, 2.45) is 0 Å². The fraction of sp³-hybridized carbons (Fsp3) is 0.0667. The Hall–Kier alpha value is -4.44. The highest BCUT2D eigenvalue weighted by atomic mass is 16.5. The summed E-state index contributed by atoms with van der Waals surface area (Å²) in [4.78, 5) is 9.05. The van der Waals surface area contributed by atoms with E-state index in [0.29, 0.717) is 5.88 Å². The van der Waals surface area contributed by atoms with E-state index < -0.39 is 0 Å². The van der Waals surface area contributed by atoms with Crippen LogP contribution in [0.1, 0.15) is 11.1 Å². The molecule has 0 saturated carbocycles. The molecule has 3 heterocycles. The molecule has 0 fully saturated rings. The maximum atomic E-state index is 6.01. The van der Waals surface area contributed by atoms with Crippen molar-refractivity contribution in [2.75, 3.05) is 0 Å². The molecule has 0 aliphatic heterocycles. The largest absolute Gasteiger partial charge is 0.439 e. The number of ether oxygens (including phenoxy) is 1. The monoisotopic (exact) mass is 441 g/mol. The highest BCUT2D eigenvalue weighted by Gasteiger charge is 2.14. The van der Waals surface area contributed by atoms with Gasteiger partial charge in [-0.3, -0.25) is 4.57 Å². The number of aromatic nitrogens is 3. The quantitative estimate of drug-likeness (QED) is 0.282. The number of hydrogen-bond donors (Lipinski definition) is 0. The van der Waals surface area contributed by atoms with Crippen molar-refractivity contribution in [1.29, 1.82) is 0 Å². The Kier molecular flexibility index (Phi) is 4.84. The molecule has 164 valence electrons. The Balaban J connectivity index is 1.48. The van der Waals surface area contributed by atoms with Gasteiger partial charge in [0.2, 0.25) is 5.88 Å². The first-order chi connectivity index (χ1) is 16.7. The van der Waals surface area contributed by atoms with Gasteiger partial charge in [-0.15, -0.1) is 0 Å². The van der Waals surface area contributed by atoms with E-state index >= 15 is 0 Å². The molecule has 0 amide bonds. The van der Waals surface area contributed by atoms with E-state index in [1.165, 1.54) is 16.3 Å². The summed E-state index contributed by atoms with van der Waals surface area (Å²) in [7, 11) is 0. The molecule has 0 unspecified atom stereocenters. The highest BCUT2D eigenvalue weighted by Crippen LogP contribution is 2.35. The number of hydrogen-bond acceptors (Lipinski definition) is 3. The summed E-state index contributed by atoms with van der Waals surface area (Å²) in [6.45, 7) is 4.11. The molecule has 4 heteroatoms. The van der Waals surface area contributed by atoms with Gasteiger partial charge in [-0.1, -0.05) is 48.5 Å². The van der Waals surface area contributed by atoms with Crippen LogP contribution in [0.4, 0.5) is 0 Å². The minimum atomic E-state index is 0.587. The molecule has 0 aliphatic rings. The first-order valence-corrected chi connectivity index (χ1v) is 11.3. The van der Waals surface area contributed by atoms with E-state index in [2.05, 4.69) is 82.1 Å². The van der Waals surface area contributed by atoms with Gasteiger partial charge >= 0.3 is 0 Å². The van der Waals surface area contributed by atoms with Gasteiger partial charge in [-0.2, -0.15) is 0 Å². The van der Waals surface area contributed by atoms with Crippen LogP contribution < -0.4 is 4.74 Å². The maximum Gasteiger partial charge on any atom is 0.219 e. The average molecular weight is 442 g/mol. The number of nitrogens with zero attached hydrogens (tertiary/aromatic N) is 3. The summed E-state index contributed by atoms with van der Waals surface area (Å²) in [5.74, 6) is 2.27. The smallest absolute Gasteiger partial charge is 0.219 e. The van der Waals surface area contributed by atoms with E-state index in [9.17, 15) is 0 Å². The van der Waals surface area contributed by atoms with Crippen molar-refractivity contribution in [1.82, 2.24) is 14.5 Å². The summed E-state index contributed by atoms with van der Waals surface area (Å²) in [5.41, 5.74) is 6.76. The highest BCUT2D eigenvalue weighted by molar-refractivity contribution is 6.10. The molecule has 0 spiro atoms. The first-order valence-electron chi connectivity index (χ1n) is 11.3. The maximum absolute atomic E-state index is 6.01. The van der Waals surface area contributed by atoms with Gasteiger partial charge in [0.25, 0.3) is 0 Å². The van der Waals surface area contributed by atoms with Gasteiger partial charge in [0, 0.05) is 29.2 Å². The Morgan fingerprint density at radius 1 is 0.647 bits per heavy atom. The number of rotatable bonds is 4. The van der Waals surface area contributed by atoms with Gasteiger partial charge < -0.3 is 4.74 Å². The minimum Gasteiger partial charge on any atom is -0.439 e. The van der Waals surface area contributed by atoms with Gasteiger partial charge in [0.05, 0.1) is 11.0 Å². The molecule has 0 radical (unpaired) electrons. The third kappa shape index (κ3) is 3.59. The van der Waals surface area contributed by atoms with Crippen LogP contribution in [0.2, 0.25) is 0 Å². The molecular formula is C30H23N3O. The number of pyridine rings is 2. The zero-order valence-corrected chi connectivity index (χ0v) is 19.1. The average Bonchev–Trinajstić information content (AvgIpc) is 3.19. The number of para-hydroxylation sites is 1. The molecule has 0 N–H and O–H groups in total. The lowest BCUT2D eigenvalue weighted by molar-refractivity contribution is 0.463. The Morgan fingerprint density at radius 2 is 1.50 bits per heavy atom. The van der Waals surface area contributed by atoms with Gasteiger partial charge in [-0.25, -0.2) is 9.97 Å². The second-order valence-electron chi connectivity index (χ2n) is 8.58. The van der Waals surface area contributed by atoms with Crippen LogP contribution in [0.15, 0.2) is 103 Å². The standard InChI is InChI=1S/C30H23N3O/c1-20-14-15-31-29(16-20)33-27-9-4-3-8-25(27)26-12-11-23(18-28(26)33)22-6-5-7-24(17-22)34-30-13-10-21(2)19-32-30/h3-19H,1-2H3. The van der Waals surface area contributed by atoms with E-state index in [0.717, 1.165) is 39.3 Å². The fourth-order valence-corrected chi connectivity index (χ4v) is 4.41. The van der Waals surface area contributed by atoms with Crippen molar-refractivity contribution in [3.63, 3.8) is 0 Å². The molecule has 0 aliphatic carbocycles. The van der Waals surface area contributed by atoms with Crippen LogP contribution in [0.3, 0.4) is 0 Å². The van der Waals surface area contributed by atoms with Crippen LogP contribution in [-0.2, 0) is 0 Å². The molecule has 4 nitrogen and oxygen atoms in total. The van der Waals surface area contributed by atoms with Crippen molar-refractivity contribution in [2.45, 2.75) is 13.8 Å². The molecule has 0 bridgehead atoms. The topological polar surface area (TPSA) is 39.9 Å². The Labute approximate surface area is 198 Å². The van der Waals surface area contributed by atoms with Gasteiger partial charge in [0.15, 0.2) is 0 Å². The molecule has 6 rings (SSSR count). The molecule has 0 saturated heterocycles. The summed E-state index contributed by atoms with van der Waals surface area (Å²) in [5, 5.41) is 2.42. The SMILES string of the molecule is Cc1ccc(Oc2cccc(-c3ccc4c5ccccc5n(-c5cc(C)ccn5)c4c3)c2)nc1. The fourth-order valence-electron chi connectivity index (χ4n) is 4.41. The van der Waals surface area contributed by atoms with Crippen LogP contribution in [-0.4, -0.2) is 14.5 Å². The number of benzene rings is 3. The van der Waals surface area contributed by atoms with E-state index in [4.69, 9.17) is 4.74 Å². The van der Waals surface area contributed by atoms with Crippen LogP contribution in [0.25, 0.3) is 38.8 Å². The minimum absolute atomic E-state index is 0.587. The number of fused-ring (bicyclic) bond motifs is 3. The lowest BCUT2D eigenvalue weighted by Crippen LogP contribution is -1.97. The first kappa shape index (κ1) is 20.2. The Bertz CT molecular complexity index is 1650. The number of aryl methyl sites for hydroxylation is 2.